The molecule has 0 aromatic heterocycles. The molecule has 326 valence electrons. The van der Waals surface area contributed by atoms with Gasteiger partial charge in [0.2, 0.25) is 17.7 Å². The molecule has 0 heterocycles. The first-order valence-electron chi connectivity index (χ1n) is 19.4. The summed E-state index contributed by atoms with van der Waals surface area (Å²) in [5.74, 6) is -3.86. The lowest BCUT2D eigenvalue weighted by Crippen LogP contribution is -2.61. The summed E-state index contributed by atoms with van der Waals surface area (Å²) >= 11 is 12.9. The van der Waals surface area contributed by atoms with Crippen LogP contribution in [0.15, 0.2) is 77.9 Å². The van der Waals surface area contributed by atoms with Crippen molar-refractivity contribution in [3.8, 4) is 5.75 Å². The summed E-state index contributed by atoms with van der Waals surface area (Å²) in [4.78, 5) is 55.3. The minimum Gasteiger partial charge on any atom is -0.480 e. The van der Waals surface area contributed by atoms with Crippen LogP contribution in [0.5, 0.6) is 5.75 Å². The number of hydrogen-bond donors (Lipinski definition) is 5. The molecule has 5 N–H and O–H groups in total. The van der Waals surface area contributed by atoms with Gasteiger partial charge in [-0.25, -0.2) is 4.79 Å². The highest BCUT2D eigenvalue weighted by Gasteiger charge is 2.38. The first-order valence-corrected chi connectivity index (χ1v) is 20.1. The number of aliphatic hydroxyl groups excluding tert-OH is 1. The molecule has 2 aromatic rings. The number of allylic oxidation sites excluding steroid dienone is 2. The Morgan fingerprint density at radius 3 is 2.12 bits per heavy atom. The van der Waals surface area contributed by atoms with E-state index in [1.54, 1.807) is 27.0 Å². The summed E-state index contributed by atoms with van der Waals surface area (Å²) in [6.07, 6.45) is 7.07. The van der Waals surface area contributed by atoms with E-state index in [0.29, 0.717) is 24.0 Å². The molecule has 0 saturated carbocycles. The van der Waals surface area contributed by atoms with Gasteiger partial charge in [0.05, 0.1) is 27.9 Å². The zero-order valence-corrected chi connectivity index (χ0v) is 37.1. The van der Waals surface area contributed by atoms with Gasteiger partial charge < -0.3 is 45.1 Å². The first kappa shape index (κ1) is 50.9. The number of carbonyl (C=O) groups is 4. The number of carbonyl (C=O) groups excluding carboxylic acids is 3. The highest BCUT2D eigenvalue weighted by atomic mass is 35.5. The van der Waals surface area contributed by atoms with Crippen LogP contribution >= 0.6 is 23.2 Å². The molecule has 7 atom stereocenters. The van der Waals surface area contributed by atoms with Crippen LogP contribution in [0.25, 0.3) is 0 Å². The Balaban J connectivity index is 2.35. The second-order valence-corrected chi connectivity index (χ2v) is 16.1. The molecule has 0 fully saturated rings. The number of nitrogens with one attached hydrogen (secondary N) is 2. The van der Waals surface area contributed by atoms with Gasteiger partial charge in [-0.05, 0) is 68.9 Å². The molecule has 0 aliphatic carbocycles. The number of halogens is 2. The summed E-state index contributed by atoms with van der Waals surface area (Å²) in [6, 6.07) is 8.23. The number of carboxylic acids is 1. The van der Waals surface area contributed by atoms with Crippen LogP contribution in [0.4, 0.5) is 0 Å². The number of ether oxygens (including phenoxy) is 3. The smallest absolute Gasteiger partial charge is 0.329 e. The highest BCUT2D eigenvalue weighted by Crippen LogP contribution is 2.35. The van der Waals surface area contributed by atoms with E-state index in [2.05, 4.69) is 10.6 Å². The van der Waals surface area contributed by atoms with E-state index in [0.717, 1.165) is 11.1 Å². The van der Waals surface area contributed by atoms with E-state index in [1.807, 2.05) is 69.3 Å². The fraction of sp³-hybridized carbons (Fsp3) is 0.500. The molecule has 0 unspecified atom stereocenters. The van der Waals surface area contributed by atoms with Crippen LogP contribution in [-0.2, 0) is 35.1 Å². The number of nitrogens with zero attached hydrogens (tertiary/aromatic N) is 1. The lowest BCUT2D eigenvalue weighted by molar-refractivity contribution is -0.149. The Hall–Kier alpha value is -4.24. The number of benzene rings is 2. The Labute approximate surface area is 358 Å². The Morgan fingerprint density at radius 1 is 0.983 bits per heavy atom. The number of hydrogen-bond acceptors (Lipinski definition) is 9. The van der Waals surface area contributed by atoms with Gasteiger partial charge >= 0.3 is 5.97 Å². The van der Waals surface area contributed by atoms with Gasteiger partial charge in [0.25, 0.3) is 0 Å². The maximum atomic E-state index is 14.2. The topological polar surface area (TPSA) is 184 Å². The van der Waals surface area contributed by atoms with Crippen LogP contribution in [0.2, 0.25) is 10.0 Å². The lowest BCUT2D eigenvalue weighted by atomic mass is 9.94. The van der Waals surface area contributed by atoms with Crippen LogP contribution in [0.3, 0.4) is 0 Å². The van der Waals surface area contributed by atoms with Crippen molar-refractivity contribution in [2.24, 2.45) is 11.8 Å². The summed E-state index contributed by atoms with van der Waals surface area (Å²) in [7, 11) is 4.51. The van der Waals surface area contributed by atoms with Gasteiger partial charge in [-0.2, -0.15) is 0 Å². The molecular weight excluding hydrogens is 801 g/mol. The van der Waals surface area contributed by atoms with E-state index >= 15 is 0 Å². The minimum absolute atomic E-state index is 0.103. The predicted octanol–water partition coefficient (Wildman–Crippen LogP) is 6.44. The van der Waals surface area contributed by atoms with Crippen LogP contribution in [0, 0.1) is 11.8 Å². The monoisotopic (exact) mass is 861 g/mol. The van der Waals surface area contributed by atoms with Crippen molar-refractivity contribution in [2.45, 2.75) is 104 Å². The number of likely N-dealkylation sites (N-methyl/N-ethyl adjacent to an activating group) is 1. The summed E-state index contributed by atoms with van der Waals surface area (Å²) in [6.45, 7) is 11.5. The SMILES string of the molecule is CC[C@H](C)[C@@H](C(=O)N[C@H](Cc1cc(Cl)c(OCOC)c(Cl)c1)C(=O)N[C@H](C(=O)O)C(C)(C)O)N(C)C(=O)/C(C)=C/C[C@@H](OC)/C(C)=C/C=C/[C@@H](C)[C@@H](O)c1ccccc1. The lowest BCUT2D eigenvalue weighted by Gasteiger charge is -2.34. The van der Waals surface area contributed by atoms with Crippen molar-refractivity contribution in [1.29, 1.82) is 0 Å². The van der Waals surface area contributed by atoms with Crippen LogP contribution < -0.4 is 15.4 Å². The van der Waals surface area contributed by atoms with Gasteiger partial charge in [0, 0.05) is 39.2 Å². The Bertz CT molecular complexity index is 1790. The molecule has 2 rings (SSSR count). The van der Waals surface area contributed by atoms with Crippen molar-refractivity contribution >= 4 is 46.9 Å². The standard InChI is InChI=1S/C44H61Cl2N3O10/c1-11-26(2)36(49(8)42(53)29(5)20-21-35(58-10)27(3)16-15-17-28(4)37(50)31-18-13-12-14-19-31)41(52)47-34(40(51)48-39(43(54)55)44(6,7)56)24-30-22-32(45)38(33(46)23-30)59-25-57-9/h12-20,22-23,26,28,34-37,39,50,56H,11,21,24-25H2,1-10H3,(H,47,52)(H,48,51)(H,54,55)/b17-15+,27-16+,29-20+/t26-,28+,34+,35+,36-,37+,39+/m0/s1. The van der Waals surface area contributed by atoms with E-state index < -0.39 is 53.5 Å². The van der Waals surface area contributed by atoms with Gasteiger partial charge in [0.15, 0.2) is 18.6 Å². The maximum absolute atomic E-state index is 14.2. The average molecular weight is 863 g/mol. The fourth-order valence-corrected chi connectivity index (χ4v) is 6.94. The third-order valence-electron chi connectivity index (χ3n) is 10.1. The molecule has 0 spiro atoms. The fourth-order valence-electron chi connectivity index (χ4n) is 6.30. The molecule has 0 aliphatic heterocycles. The zero-order valence-electron chi connectivity index (χ0n) is 35.6. The zero-order chi connectivity index (χ0) is 44.6. The van der Waals surface area contributed by atoms with Crippen molar-refractivity contribution in [1.82, 2.24) is 15.5 Å². The Kier molecular flexibility index (Phi) is 20.8. The number of aliphatic carboxylic acids is 1. The number of carboxylic acid groups (broad SMARTS) is 1. The van der Waals surface area contributed by atoms with E-state index in [4.69, 9.17) is 37.4 Å². The molecule has 15 heteroatoms. The van der Waals surface area contributed by atoms with Crippen LogP contribution in [-0.4, -0.2) is 102 Å². The minimum atomic E-state index is -1.86. The second kappa shape index (κ2) is 24.1. The molecule has 2 aromatic carbocycles. The van der Waals surface area contributed by atoms with Gasteiger partial charge in [-0.1, -0.05) is 105 Å². The molecule has 0 aliphatic rings. The van der Waals surface area contributed by atoms with Crippen molar-refractivity contribution in [3.05, 3.63) is 99.1 Å². The molecule has 59 heavy (non-hydrogen) atoms. The predicted molar refractivity (Wildman–Crippen MR) is 229 cm³/mol. The molecular formula is C44H61Cl2N3O10. The second-order valence-electron chi connectivity index (χ2n) is 15.2. The van der Waals surface area contributed by atoms with E-state index in [1.165, 1.54) is 45.0 Å². The highest BCUT2D eigenvalue weighted by molar-refractivity contribution is 6.37. The largest absolute Gasteiger partial charge is 0.480 e. The van der Waals surface area contributed by atoms with Gasteiger partial charge in [-0.15, -0.1) is 0 Å². The van der Waals surface area contributed by atoms with Crippen molar-refractivity contribution < 1.29 is 48.7 Å². The Morgan fingerprint density at radius 2 is 1.59 bits per heavy atom. The van der Waals surface area contributed by atoms with E-state index in [9.17, 15) is 34.5 Å². The number of rotatable bonds is 23. The molecule has 0 radical (unpaired) electrons. The third kappa shape index (κ3) is 15.4. The third-order valence-corrected chi connectivity index (χ3v) is 10.6. The van der Waals surface area contributed by atoms with Gasteiger partial charge in [0.1, 0.15) is 12.1 Å². The summed E-state index contributed by atoms with van der Waals surface area (Å²) in [5.41, 5.74) is 0.621. The number of amides is 3. The molecule has 13 nitrogen and oxygen atoms in total. The first-order chi connectivity index (χ1) is 27.7. The summed E-state index contributed by atoms with van der Waals surface area (Å²) < 4.78 is 16.1. The van der Waals surface area contributed by atoms with Crippen molar-refractivity contribution in [3.63, 3.8) is 0 Å². The molecule has 0 saturated heterocycles. The average Bonchev–Trinajstić information content (AvgIpc) is 3.18. The van der Waals surface area contributed by atoms with Crippen molar-refractivity contribution in [2.75, 3.05) is 28.1 Å². The van der Waals surface area contributed by atoms with Gasteiger partial charge in [-0.3, -0.25) is 14.4 Å². The maximum Gasteiger partial charge on any atom is 0.329 e. The normalized spacial score (nSPS) is 16.0. The number of methoxy groups -OCH3 is 2. The quantitative estimate of drug-likeness (QED) is 0.0474. The summed E-state index contributed by atoms with van der Waals surface area (Å²) in [5, 5.41) is 36.3. The van der Waals surface area contributed by atoms with E-state index in [-0.39, 0.29) is 46.9 Å². The molecule has 0 bridgehead atoms. The molecule has 3 amide bonds. The van der Waals surface area contributed by atoms with Crippen LogP contribution in [0.1, 0.15) is 78.5 Å². The number of aliphatic hydroxyl groups is 2.